The van der Waals surface area contributed by atoms with Crippen LogP contribution in [0.15, 0.2) is 60.8 Å². The van der Waals surface area contributed by atoms with Gasteiger partial charge in [0.05, 0.1) is 11.3 Å². The first-order chi connectivity index (χ1) is 15.8. The molecule has 33 heavy (non-hydrogen) atoms. The van der Waals surface area contributed by atoms with Crippen LogP contribution in [-0.2, 0) is 11.2 Å². The molecule has 3 heterocycles. The Hall–Kier alpha value is -3.88. The topological polar surface area (TPSA) is 78.1 Å². The lowest BCUT2D eigenvalue weighted by Crippen LogP contribution is -2.41. The van der Waals surface area contributed by atoms with Gasteiger partial charge in [-0.05, 0) is 37.3 Å². The quantitative estimate of drug-likeness (QED) is 0.558. The average molecular weight is 454 g/mol. The molecule has 6 nitrogen and oxygen atoms in total. The number of amides is 2. The summed E-state index contributed by atoms with van der Waals surface area (Å²) in [5, 5.41) is 2.80. The number of carbonyl (C=O) groups excluding carboxylic acids is 2. The Kier molecular flexibility index (Phi) is 6.04. The fourth-order valence-electron chi connectivity index (χ4n) is 3.71. The van der Waals surface area contributed by atoms with Crippen molar-refractivity contribution in [3.05, 3.63) is 72.1 Å². The Balaban J connectivity index is 1.69. The molecule has 2 amide bonds. The zero-order chi connectivity index (χ0) is 23.6. The van der Waals surface area contributed by atoms with Gasteiger partial charge in [-0.1, -0.05) is 24.3 Å². The average Bonchev–Trinajstić information content (AvgIpc) is 3.25. The molecule has 0 spiro atoms. The van der Waals surface area contributed by atoms with E-state index in [1.54, 1.807) is 49.5 Å². The molecule has 0 aliphatic carbocycles. The number of H-pyrrole nitrogens is 1. The maximum absolute atomic E-state index is 13.1. The Labute approximate surface area is 188 Å². The summed E-state index contributed by atoms with van der Waals surface area (Å²) < 4.78 is 39.4. The Morgan fingerprint density at radius 1 is 1.18 bits per heavy atom. The summed E-state index contributed by atoms with van der Waals surface area (Å²) in [4.78, 5) is 32.4. The van der Waals surface area contributed by atoms with E-state index in [-0.39, 0.29) is 18.1 Å². The number of carbonyl (C=O) groups is 2. The normalized spacial score (nSPS) is 13.6. The van der Waals surface area contributed by atoms with Gasteiger partial charge in [0, 0.05) is 53.9 Å². The summed E-state index contributed by atoms with van der Waals surface area (Å²) in [5.41, 5.74) is 4.19. The second kappa shape index (κ2) is 8.93. The summed E-state index contributed by atoms with van der Waals surface area (Å²) in [6.07, 6.45) is 0.376. The van der Waals surface area contributed by atoms with Crippen molar-refractivity contribution in [2.45, 2.75) is 19.5 Å². The lowest BCUT2D eigenvalue weighted by atomic mass is 10.1. The smallest absolute Gasteiger partial charge is 0.358 e. The van der Waals surface area contributed by atoms with Crippen LogP contribution in [0, 0.1) is 0 Å². The molecule has 4 rings (SSSR count). The Morgan fingerprint density at radius 3 is 2.73 bits per heavy atom. The molecule has 9 heteroatoms. The molecule has 1 aromatic carbocycles. The van der Waals surface area contributed by atoms with Crippen molar-refractivity contribution in [3.8, 4) is 22.5 Å². The molecule has 2 N–H and O–H groups in total. The predicted octanol–water partition coefficient (Wildman–Crippen LogP) is 4.50. The molecule has 0 radical (unpaired) electrons. The number of allylic oxidation sites excluding steroid dienone is 1. The molecule has 0 saturated heterocycles. The van der Waals surface area contributed by atoms with Crippen molar-refractivity contribution in [1.29, 1.82) is 0 Å². The molecular formula is C24H21F3N4O2. The van der Waals surface area contributed by atoms with E-state index in [4.69, 9.17) is 0 Å². The SMILES string of the molecule is C/C=C/CN(C(=O)C(F)(F)F)c1cccc(-c2cc(-c3cc4c([nH]3)CCNC4=O)ccn2)c1. The zero-order valence-electron chi connectivity index (χ0n) is 17.7. The van der Waals surface area contributed by atoms with Gasteiger partial charge in [0.25, 0.3) is 5.91 Å². The first kappa shape index (κ1) is 22.3. The molecule has 170 valence electrons. The number of halogens is 3. The van der Waals surface area contributed by atoms with Gasteiger partial charge >= 0.3 is 12.1 Å². The number of anilines is 1. The number of benzene rings is 1. The minimum absolute atomic E-state index is 0.118. The molecule has 1 aliphatic heterocycles. The summed E-state index contributed by atoms with van der Waals surface area (Å²) in [6.45, 7) is 2.03. The number of nitrogens with zero attached hydrogens (tertiary/aromatic N) is 2. The summed E-state index contributed by atoms with van der Waals surface area (Å²) in [5.74, 6) is -2.06. The highest BCUT2D eigenvalue weighted by Gasteiger charge is 2.42. The van der Waals surface area contributed by atoms with E-state index >= 15 is 0 Å². The first-order valence-corrected chi connectivity index (χ1v) is 10.3. The van der Waals surface area contributed by atoms with Crippen molar-refractivity contribution in [2.24, 2.45) is 0 Å². The van der Waals surface area contributed by atoms with E-state index in [1.807, 2.05) is 0 Å². The van der Waals surface area contributed by atoms with Crippen LogP contribution < -0.4 is 10.2 Å². The van der Waals surface area contributed by atoms with Gasteiger partial charge in [0.2, 0.25) is 0 Å². The molecule has 3 aromatic rings. The van der Waals surface area contributed by atoms with Gasteiger partial charge in [-0.25, -0.2) is 0 Å². The monoisotopic (exact) mass is 454 g/mol. The maximum atomic E-state index is 13.1. The van der Waals surface area contributed by atoms with Crippen LogP contribution in [-0.4, -0.2) is 41.0 Å². The molecule has 2 aromatic heterocycles. The van der Waals surface area contributed by atoms with Crippen LogP contribution in [0.25, 0.3) is 22.5 Å². The largest absolute Gasteiger partial charge is 0.471 e. The third-order valence-corrected chi connectivity index (χ3v) is 5.34. The lowest BCUT2D eigenvalue weighted by Gasteiger charge is -2.23. The standard InChI is InChI=1S/C24H21F3N4O2/c1-2-3-11-31(23(33)24(25,26)27)17-6-4-5-15(12-17)20-13-16(7-9-28-20)21-14-18-19(30-21)8-10-29-22(18)32/h2-7,9,12-14,30H,8,10-11H2,1H3,(H,29,32)/b3-2+. The predicted molar refractivity (Wildman–Crippen MR) is 119 cm³/mol. The number of hydrogen-bond donors (Lipinski definition) is 2. The lowest BCUT2D eigenvalue weighted by molar-refractivity contribution is -0.170. The minimum atomic E-state index is -4.99. The molecular weight excluding hydrogens is 433 g/mol. The summed E-state index contributed by atoms with van der Waals surface area (Å²) >= 11 is 0. The van der Waals surface area contributed by atoms with Crippen molar-refractivity contribution in [1.82, 2.24) is 15.3 Å². The highest BCUT2D eigenvalue weighted by molar-refractivity contribution is 5.98. The zero-order valence-corrected chi connectivity index (χ0v) is 17.7. The maximum Gasteiger partial charge on any atom is 0.471 e. The number of fused-ring (bicyclic) bond motifs is 1. The fraction of sp³-hybridized carbons (Fsp3) is 0.208. The highest BCUT2D eigenvalue weighted by Crippen LogP contribution is 2.30. The number of pyridine rings is 1. The highest BCUT2D eigenvalue weighted by atomic mass is 19.4. The van der Waals surface area contributed by atoms with Crippen molar-refractivity contribution < 1.29 is 22.8 Å². The fourth-order valence-corrected chi connectivity index (χ4v) is 3.71. The Morgan fingerprint density at radius 2 is 2.00 bits per heavy atom. The van der Waals surface area contributed by atoms with Crippen LogP contribution >= 0.6 is 0 Å². The van der Waals surface area contributed by atoms with Crippen molar-refractivity contribution in [2.75, 3.05) is 18.0 Å². The van der Waals surface area contributed by atoms with E-state index < -0.39 is 12.1 Å². The van der Waals surface area contributed by atoms with Crippen molar-refractivity contribution >= 4 is 17.5 Å². The van der Waals surface area contributed by atoms with E-state index in [0.717, 1.165) is 17.0 Å². The first-order valence-electron chi connectivity index (χ1n) is 10.3. The number of rotatable bonds is 5. The number of nitrogens with one attached hydrogen (secondary N) is 2. The number of aromatic nitrogens is 2. The summed E-state index contributed by atoms with van der Waals surface area (Å²) in [6, 6.07) is 11.6. The molecule has 0 atom stereocenters. The third-order valence-electron chi connectivity index (χ3n) is 5.34. The molecule has 0 unspecified atom stereocenters. The molecule has 0 bridgehead atoms. The van der Waals surface area contributed by atoms with Gasteiger partial charge in [-0.2, -0.15) is 13.2 Å². The van der Waals surface area contributed by atoms with E-state index in [1.165, 1.54) is 18.2 Å². The van der Waals surface area contributed by atoms with Crippen LogP contribution in [0.3, 0.4) is 0 Å². The second-order valence-electron chi connectivity index (χ2n) is 7.54. The van der Waals surface area contributed by atoms with E-state index in [2.05, 4.69) is 15.3 Å². The van der Waals surface area contributed by atoms with Gasteiger partial charge in [0.15, 0.2) is 0 Å². The van der Waals surface area contributed by atoms with Crippen LogP contribution in [0.2, 0.25) is 0 Å². The summed E-state index contributed by atoms with van der Waals surface area (Å²) in [7, 11) is 0. The molecule has 1 aliphatic rings. The second-order valence-corrected chi connectivity index (χ2v) is 7.54. The van der Waals surface area contributed by atoms with E-state index in [0.29, 0.717) is 34.7 Å². The van der Waals surface area contributed by atoms with Crippen LogP contribution in [0.5, 0.6) is 0 Å². The Bertz CT molecular complexity index is 1230. The van der Waals surface area contributed by atoms with Gasteiger partial charge < -0.3 is 15.2 Å². The van der Waals surface area contributed by atoms with E-state index in [9.17, 15) is 22.8 Å². The number of alkyl halides is 3. The van der Waals surface area contributed by atoms with Gasteiger partial charge in [0.1, 0.15) is 0 Å². The van der Waals surface area contributed by atoms with Gasteiger partial charge in [-0.15, -0.1) is 0 Å². The number of aromatic amines is 1. The van der Waals surface area contributed by atoms with Gasteiger partial charge in [-0.3, -0.25) is 14.6 Å². The minimum Gasteiger partial charge on any atom is -0.358 e. The van der Waals surface area contributed by atoms with Crippen molar-refractivity contribution in [3.63, 3.8) is 0 Å². The molecule has 0 fully saturated rings. The number of hydrogen-bond acceptors (Lipinski definition) is 3. The third kappa shape index (κ3) is 4.67. The van der Waals surface area contributed by atoms with Crippen LogP contribution in [0.1, 0.15) is 23.0 Å². The molecule has 0 saturated carbocycles. The van der Waals surface area contributed by atoms with Crippen LogP contribution in [0.4, 0.5) is 18.9 Å².